The zero-order valence-electron chi connectivity index (χ0n) is 12.2. The number of nitro benzene ring substituents is 1. The van der Waals surface area contributed by atoms with E-state index in [4.69, 9.17) is 16.3 Å². The lowest BCUT2D eigenvalue weighted by Gasteiger charge is -2.06. The van der Waals surface area contributed by atoms with Crippen LogP contribution in [0.5, 0.6) is 11.5 Å². The van der Waals surface area contributed by atoms with Crippen molar-refractivity contribution in [1.29, 1.82) is 0 Å². The van der Waals surface area contributed by atoms with E-state index >= 15 is 0 Å². The van der Waals surface area contributed by atoms with Crippen LogP contribution in [0.15, 0.2) is 41.5 Å². The van der Waals surface area contributed by atoms with Gasteiger partial charge in [0.25, 0.3) is 5.69 Å². The Bertz CT molecular complexity index is 749. The van der Waals surface area contributed by atoms with Crippen LogP contribution in [-0.4, -0.2) is 22.9 Å². The Labute approximate surface area is 137 Å². The number of nitrogens with one attached hydrogen (secondary N) is 1. The van der Waals surface area contributed by atoms with Crippen LogP contribution in [0, 0.1) is 10.1 Å². The van der Waals surface area contributed by atoms with Gasteiger partial charge in [0.15, 0.2) is 11.5 Å². The molecule has 0 amide bonds. The van der Waals surface area contributed by atoms with E-state index in [-0.39, 0.29) is 17.1 Å². The summed E-state index contributed by atoms with van der Waals surface area (Å²) in [7, 11) is 0. The lowest BCUT2D eigenvalue weighted by molar-refractivity contribution is -0.384. The molecule has 0 fully saturated rings. The summed E-state index contributed by atoms with van der Waals surface area (Å²) in [5, 5.41) is 24.9. The molecule has 120 valence electrons. The second-order valence-electron chi connectivity index (χ2n) is 4.45. The molecule has 0 heterocycles. The number of ether oxygens (including phenoxy) is 1. The molecule has 2 aromatic rings. The van der Waals surface area contributed by atoms with Crippen molar-refractivity contribution in [2.75, 3.05) is 12.0 Å². The average molecular weight is 336 g/mol. The molecule has 0 atom stereocenters. The van der Waals surface area contributed by atoms with Crippen molar-refractivity contribution in [1.82, 2.24) is 0 Å². The fourth-order valence-electron chi connectivity index (χ4n) is 1.82. The van der Waals surface area contributed by atoms with E-state index in [2.05, 4.69) is 10.5 Å². The lowest BCUT2D eigenvalue weighted by atomic mass is 10.2. The molecule has 23 heavy (non-hydrogen) atoms. The van der Waals surface area contributed by atoms with Gasteiger partial charge in [-0.1, -0.05) is 11.6 Å². The van der Waals surface area contributed by atoms with Crippen LogP contribution in [-0.2, 0) is 0 Å². The summed E-state index contributed by atoms with van der Waals surface area (Å²) in [5.41, 5.74) is 3.30. The molecule has 0 saturated heterocycles. The number of halogens is 1. The summed E-state index contributed by atoms with van der Waals surface area (Å²) in [4.78, 5) is 10.4. The highest BCUT2D eigenvalue weighted by atomic mass is 35.5. The van der Waals surface area contributed by atoms with E-state index in [1.54, 1.807) is 19.1 Å². The first-order valence-electron chi connectivity index (χ1n) is 6.70. The predicted molar refractivity (Wildman–Crippen MR) is 88.6 cm³/mol. The molecule has 2 aromatic carbocycles. The van der Waals surface area contributed by atoms with Gasteiger partial charge in [-0.2, -0.15) is 5.10 Å². The van der Waals surface area contributed by atoms with E-state index in [9.17, 15) is 15.2 Å². The molecule has 0 bridgehead atoms. The Morgan fingerprint density at radius 2 is 2.17 bits per heavy atom. The van der Waals surface area contributed by atoms with Gasteiger partial charge < -0.3 is 9.84 Å². The summed E-state index contributed by atoms with van der Waals surface area (Å²) in [6.07, 6.45) is 1.45. The van der Waals surface area contributed by atoms with Crippen LogP contribution in [0.1, 0.15) is 12.5 Å². The van der Waals surface area contributed by atoms with Gasteiger partial charge in [0.05, 0.1) is 17.7 Å². The monoisotopic (exact) mass is 335 g/mol. The van der Waals surface area contributed by atoms with E-state index in [1.165, 1.54) is 30.5 Å². The molecule has 2 rings (SSSR count). The van der Waals surface area contributed by atoms with Crippen LogP contribution >= 0.6 is 11.6 Å². The first kappa shape index (κ1) is 16.6. The minimum atomic E-state index is -0.526. The van der Waals surface area contributed by atoms with Gasteiger partial charge in [-0.3, -0.25) is 15.5 Å². The van der Waals surface area contributed by atoms with Crippen LogP contribution < -0.4 is 10.2 Å². The van der Waals surface area contributed by atoms with Crippen molar-refractivity contribution in [3.63, 3.8) is 0 Å². The first-order valence-corrected chi connectivity index (χ1v) is 7.08. The van der Waals surface area contributed by atoms with Gasteiger partial charge in [0, 0.05) is 11.1 Å². The van der Waals surface area contributed by atoms with Crippen molar-refractivity contribution < 1.29 is 14.8 Å². The number of rotatable bonds is 6. The molecule has 0 saturated carbocycles. The number of hydrazone groups is 1. The van der Waals surface area contributed by atoms with Crippen LogP contribution in [0.25, 0.3) is 0 Å². The van der Waals surface area contributed by atoms with Gasteiger partial charge in [-0.05, 0) is 42.8 Å². The largest absolute Gasteiger partial charge is 0.504 e. The highest BCUT2D eigenvalue weighted by Gasteiger charge is 2.13. The quantitative estimate of drug-likeness (QED) is 0.475. The first-order chi connectivity index (χ1) is 11.0. The lowest BCUT2D eigenvalue weighted by Crippen LogP contribution is -1.97. The predicted octanol–water partition coefficient (Wildman–Crippen LogP) is 3.80. The Hall–Kier alpha value is -2.80. The Morgan fingerprint density at radius 3 is 2.87 bits per heavy atom. The maximum Gasteiger partial charge on any atom is 0.294 e. The van der Waals surface area contributed by atoms with Crippen molar-refractivity contribution in [2.24, 2.45) is 5.10 Å². The molecule has 0 radical (unpaired) electrons. The summed E-state index contributed by atoms with van der Waals surface area (Å²) in [5.74, 6) is 0.368. The molecule has 0 spiro atoms. The Morgan fingerprint density at radius 1 is 1.39 bits per heavy atom. The second kappa shape index (κ2) is 7.46. The van der Waals surface area contributed by atoms with E-state index in [1.807, 2.05) is 0 Å². The Kier molecular flexibility index (Phi) is 5.37. The zero-order valence-corrected chi connectivity index (χ0v) is 12.9. The average Bonchev–Trinajstić information content (AvgIpc) is 2.50. The molecule has 7 nitrogen and oxygen atoms in total. The Balaban J connectivity index is 2.18. The van der Waals surface area contributed by atoms with Gasteiger partial charge in [0.2, 0.25) is 0 Å². The number of hydrogen-bond donors (Lipinski definition) is 2. The highest BCUT2D eigenvalue weighted by molar-refractivity contribution is 6.31. The molecular formula is C15H14ClN3O4. The molecule has 0 aromatic heterocycles. The number of phenols is 1. The number of benzene rings is 2. The SMILES string of the molecule is CCOc1cc(C=NNc2cc(Cl)ccc2[N+](=O)[O-])ccc1O. The molecular weight excluding hydrogens is 322 g/mol. The normalized spacial score (nSPS) is 10.7. The number of aromatic hydroxyl groups is 1. The van der Waals surface area contributed by atoms with Gasteiger partial charge >= 0.3 is 0 Å². The minimum absolute atomic E-state index is 0.0300. The minimum Gasteiger partial charge on any atom is -0.504 e. The van der Waals surface area contributed by atoms with Gasteiger partial charge in [0.1, 0.15) is 5.69 Å². The molecule has 0 aliphatic carbocycles. The van der Waals surface area contributed by atoms with Crippen LogP contribution in [0.4, 0.5) is 11.4 Å². The van der Waals surface area contributed by atoms with Crippen molar-refractivity contribution >= 4 is 29.2 Å². The molecule has 8 heteroatoms. The molecule has 0 aliphatic rings. The van der Waals surface area contributed by atoms with Crippen molar-refractivity contribution in [3.8, 4) is 11.5 Å². The second-order valence-corrected chi connectivity index (χ2v) is 4.89. The summed E-state index contributed by atoms with van der Waals surface area (Å²) < 4.78 is 5.27. The molecule has 0 aliphatic heterocycles. The maximum absolute atomic E-state index is 10.9. The van der Waals surface area contributed by atoms with Gasteiger partial charge in [-0.15, -0.1) is 0 Å². The number of nitrogens with zero attached hydrogens (tertiary/aromatic N) is 2. The summed E-state index contributed by atoms with van der Waals surface area (Å²) in [6, 6.07) is 8.87. The van der Waals surface area contributed by atoms with Gasteiger partial charge in [-0.25, -0.2) is 0 Å². The number of nitro groups is 1. The standard InChI is InChI=1S/C15H14ClN3O4/c1-2-23-15-7-10(3-6-14(15)20)9-17-18-12-8-11(16)4-5-13(12)19(21)22/h3-9,18,20H,2H2,1H3. The van der Waals surface area contributed by atoms with Crippen LogP contribution in [0.3, 0.4) is 0 Å². The third kappa shape index (κ3) is 4.33. The third-order valence-corrected chi connectivity index (χ3v) is 3.07. The van der Waals surface area contributed by atoms with E-state index in [0.717, 1.165) is 0 Å². The molecule has 0 unspecified atom stereocenters. The summed E-state index contributed by atoms with van der Waals surface area (Å²) in [6.45, 7) is 2.22. The zero-order chi connectivity index (χ0) is 16.8. The van der Waals surface area contributed by atoms with Crippen molar-refractivity contribution in [2.45, 2.75) is 6.92 Å². The van der Waals surface area contributed by atoms with Crippen LogP contribution in [0.2, 0.25) is 5.02 Å². The smallest absolute Gasteiger partial charge is 0.294 e. The number of hydrogen-bond acceptors (Lipinski definition) is 6. The van der Waals surface area contributed by atoms with E-state index in [0.29, 0.717) is 22.9 Å². The number of anilines is 1. The maximum atomic E-state index is 10.9. The van der Waals surface area contributed by atoms with E-state index < -0.39 is 4.92 Å². The highest BCUT2D eigenvalue weighted by Crippen LogP contribution is 2.28. The topological polar surface area (TPSA) is 97.0 Å². The molecule has 2 N–H and O–H groups in total. The fourth-order valence-corrected chi connectivity index (χ4v) is 1.99. The van der Waals surface area contributed by atoms with Crippen molar-refractivity contribution in [3.05, 3.63) is 57.1 Å². The third-order valence-electron chi connectivity index (χ3n) is 2.84. The fraction of sp³-hybridized carbons (Fsp3) is 0.133. The number of phenolic OH excluding ortho intramolecular Hbond substituents is 1. The summed E-state index contributed by atoms with van der Waals surface area (Å²) >= 11 is 5.83.